The summed E-state index contributed by atoms with van der Waals surface area (Å²) in [4.78, 5) is 37.3. The number of carbonyl (C=O) groups excluding carboxylic acids is 2. The summed E-state index contributed by atoms with van der Waals surface area (Å²) >= 11 is 0. The number of allylic oxidation sites excluding steroid dienone is 2. The molecule has 0 aromatic rings. The lowest BCUT2D eigenvalue weighted by Gasteiger charge is -2.27. The first-order valence-electron chi connectivity index (χ1n) is 6.71. The van der Waals surface area contributed by atoms with Crippen LogP contribution in [0.4, 0.5) is 0 Å². The number of nitrogens with zero attached hydrogens (tertiary/aromatic N) is 1. The summed E-state index contributed by atoms with van der Waals surface area (Å²) in [5, 5.41) is 9.29. The minimum absolute atomic E-state index is 0.123. The number of imide groups is 1. The minimum Gasteiger partial charge on any atom is -0.480 e. The minimum atomic E-state index is -1.10. The van der Waals surface area contributed by atoms with E-state index in [9.17, 15) is 19.5 Å². The van der Waals surface area contributed by atoms with Crippen molar-refractivity contribution in [3.8, 4) is 0 Å². The molecule has 0 aromatic carbocycles. The van der Waals surface area contributed by atoms with Crippen molar-refractivity contribution in [1.29, 1.82) is 0 Å². The van der Waals surface area contributed by atoms with Crippen LogP contribution < -0.4 is 0 Å². The molecule has 2 amide bonds. The number of hydrogen-bond donors (Lipinski definition) is 1. The molecule has 2 fully saturated rings. The van der Waals surface area contributed by atoms with E-state index in [4.69, 9.17) is 0 Å². The van der Waals surface area contributed by atoms with E-state index in [1.54, 1.807) is 13.8 Å². The molecule has 3 aliphatic rings. The van der Waals surface area contributed by atoms with E-state index in [0.717, 1.165) is 11.3 Å². The summed E-state index contributed by atoms with van der Waals surface area (Å²) in [7, 11) is 0. The molecular formula is C14H17NO4. The second kappa shape index (κ2) is 3.92. The van der Waals surface area contributed by atoms with Gasteiger partial charge < -0.3 is 5.11 Å². The zero-order chi connectivity index (χ0) is 13.9. The Morgan fingerprint density at radius 3 is 2.05 bits per heavy atom. The maximum Gasteiger partial charge on any atom is 0.327 e. The van der Waals surface area contributed by atoms with Gasteiger partial charge in [-0.1, -0.05) is 26.0 Å². The zero-order valence-electron chi connectivity index (χ0n) is 10.9. The number of aliphatic carboxylic acids is 1. The van der Waals surface area contributed by atoms with Crippen molar-refractivity contribution in [3.63, 3.8) is 0 Å². The van der Waals surface area contributed by atoms with Crippen molar-refractivity contribution < 1.29 is 19.5 Å². The molecule has 5 unspecified atom stereocenters. The fourth-order valence-electron chi connectivity index (χ4n) is 3.89. The van der Waals surface area contributed by atoms with E-state index in [2.05, 4.69) is 0 Å². The summed E-state index contributed by atoms with van der Waals surface area (Å²) in [5.41, 5.74) is 0. The topological polar surface area (TPSA) is 74.7 Å². The third-order valence-corrected chi connectivity index (χ3v) is 4.67. The Bertz CT molecular complexity index is 466. The predicted octanol–water partition coefficient (Wildman–Crippen LogP) is 0.903. The molecule has 2 bridgehead atoms. The van der Waals surface area contributed by atoms with Gasteiger partial charge in [0.15, 0.2) is 0 Å². The molecule has 102 valence electrons. The molecule has 0 radical (unpaired) electrons. The van der Waals surface area contributed by atoms with Gasteiger partial charge in [0.1, 0.15) is 6.04 Å². The molecule has 5 atom stereocenters. The number of carboxylic acids is 1. The van der Waals surface area contributed by atoms with Crippen molar-refractivity contribution in [2.75, 3.05) is 0 Å². The van der Waals surface area contributed by atoms with E-state index in [-0.39, 0.29) is 41.4 Å². The number of fused-ring (bicyclic) bond motifs is 5. The fraction of sp³-hybridized carbons (Fsp3) is 0.643. The Morgan fingerprint density at radius 1 is 1.21 bits per heavy atom. The zero-order valence-corrected chi connectivity index (χ0v) is 10.9. The maximum absolute atomic E-state index is 12.4. The second-order valence-corrected chi connectivity index (χ2v) is 6.07. The van der Waals surface area contributed by atoms with E-state index in [1.807, 2.05) is 12.2 Å². The molecule has 19 heavy (non-hydrogen) atoms. The van der Waals surface area contributed by atoms with Gasteiger partial charge in [-0.2, -0.15) is 0 Å². The summed E-state index contributed by atoms with van der Waals surface area (Å²) in [6.45, 7) is 3.45. The lowest BCUT2D eigenvalue weighted by atomic mass is 9.85. The van der Waals surface area contributed by atoms with Gasteiger partial charge in [0.25, 0.3) is 0 Å². The molecule has 5 nitrogen and oxygen atoms in total. The lowest BCUT2D eigenvalue weighted by Crippen LogP contribution is -2.49. The number of hydrogen-bond acceptors (Lipinski definition) is 3. The largest absolute Gasteiger partial charge is 0.480 e. The summed E-state index contributed by atoms with van der Waals surface area (Å²) in [5.74, 6) is -2.34. The van der Waals surface area contributed by atoms with Gasteiger partial charge in [0, 0.05) is 0 Å². The Morgan fingerprint density at radius 2 is 1.68 bits per heavy atom. The first-order valence-corrected chi connectivity index (χ1v) is 6.71. The van der Waals surface area contributed by atoms with Crippen LogP contribution in [0.15, 0.2) is 12.2 Å². The predicted molar refractivity (Wildman–Crippen MR) is 65.8 cm³/mol. The monoisotopic (exact) mass is 263 g/mol. The number of rotatable bonds is 3. The van der Waals surface area contributed by atoms with Gasteiger partial charge in [0.2, 0.25) is 11.8 Å². The van der Waals surface area contributed by atoms with Gasteiger partial charge in [-0.25, -0.2) is 4.79 Å². The van der Waals surface area contributed by atoms with Crippen LogP contribution in [0.2, 0.25) is 0 Å². The van der Waals surface area contributed by atoms with Crippen LogP contribution in [0.5, 0.6) is 0 Å². The van der Waals surface area contributed by atoms with Crippen LogP contribution in [0.25, 0.3) is 0 Å². The molecular weight excluding hydrogens is 246 g/mol. The first kappa shape index (κ1) is 12.4. The molecule has 0 spiro atoms. The molecule has 1 saturated carbocycles. The van der Waals surface area contributed by atoms with E-state index in [1.165, 1.54) is 0 Å². The van der Waals surface area contributed by atoms with E-state index >= 15 is 0 Å². The smallest absolute Gasteiger partial charge is 0.327 e. The molecule has 2 aliphatic carbocycles. The second-order valence-electron chi connectivity index (χ2n) is 6.07. The third-order valence-electron chi connectivity index (χ3n) is 4.67. The van der Waals surface area contributed by atoms with Crippen molar-refractivity contribution >= 4 is 17.8 Å². The van der Waals surface area contributed by atoms with Crippen LogP contribution in [-0.4, -0.2) is 33.8 Å². The highest BCUT2D eigenvalue weighted by Crippen LogP contribution is 2.53. The van der Waals surface area contributed by atoms with Crippen LogP contribution in [-0.2, 0) is 14.4 Å². The van der Waals surface area contributed by atoms with E-state index in [0.29, 0.717) is 0 Å². The van der Waals surface area contributed by atoms with Crippen LogP contribution in [0, 0.1) is 29.6 Å². The van der Waals surface area contributed by atoms with E-state index < -0.39 is 12.0 Å². The first-order chi connectivity index (χ1) is 8.93. The maximum atomic E-state index is 12.4. The molecule has 1 heterocycles. The summed E-state index contributed by atoms with van der Waals surface area (Å²) in [6.07, 6.45) is 4.87. The number of likely N-dealkylation sites (tertiary alicyclic amines) is 1. The average molecular weight is 263 g/mol. The molecule has 0 aromatic heterocycles. The standard InChI is InChI=1S/C14H17NO4/c1-6(2)11(14(18)19)15-12(16)9-7-3-4-8(5-7)10(9)13(15)17/h3-4,6-11H,5H2,1-2H3,(H,18,19). The number of carbonyl (C=O) groups is 3. The molecule has 1 N–H and O–H groups in total. The molecule has 1 aliphatic heterocycles. The van der Waals surface area contributed by atoms with Crippen molar-refractivity contribution in [2.45, 2.75) is 26.3 Å². The van der Waals surface area contributed by atoms with Crippen LogP contribution in [0.1, 0.15) is 20.3 Å². The lowest BCUT2D eigenvalue weighted by molar-refractivity contribution is -0.157. The van der Waals surface area contributed by atoms with Gasteiger partial charge in [-0.3, -0.25) is 14.5 Å². The van der Waals surface area contributed by atoms with Gasteiger partial charge >= 0.3 is 5.97 Å². The van der Waals surface area contributed by atoms with Crippen LogP contribution >= 0.6 is 0 Å². The summed E-state index contributed by atoms with van der Waals surface area (Å²) in [6, 6.07) is -1.04. The van der Waals surface area contributed by atoms with Crippen LogP contribution in [0.3, 0.4) is 0 Å². The van der Waals surface area contributed by atoms with Crippen molar-refractivity contribution in [1.82, 2.24) is 4.90 Å². The average Bonchev–Trinajstić information content (AvgIpc) is 2.97. The quantitative estimate of drug-likeness (QED) is 0.606. The highest BCUT2D eigenvalue weighted by Gasteiger charge is 2.61. The Kier molecular flexibility index (Phi) is 2.56. The molecule has 5 heteroatoms. The normalized spacial score (nSPS) is 37.3. The van der Waals surface area contributed by atoms with Crippen molar-refractivity contribution in [3.05, 3.63) is 12.2 Å². The summed E-state index contributed by atoms with van der Waals surface area (Å²) < 4.78 is 0. The number of amides is 2. The number of carboxylic acid groups (broad SMARTS) is 1. The highest BCUT2D eigenvalue weighted by molar-refractivity contribution is 6.08. The highest BCUT2D eigenvalue weighted by atomic mass is 16.4. The molecule has 1 saturated heterocycles. The fourth-order valence-corrected chi connectivity index (χ4v) is 3.89. The Hall–Kier alpha value is -1.65. The van der Waals surface area contributed by atoms with Crippen molar-refractivity contribution in [2.24, 2.45) is 29.6 Å². The Balaban J connectivity index is 1.96. The SMILES string of the molecule is CC(C)C(C(=O)O)N1C(=O)C2C3C=CC(C3)C2C1=O. The van der Waals surface area contributed by atoms with Gasteiger partial charge in [0.05, 0.1) is 11.8 Å². The third kappa shape index (κ3) is 1.50. The molecule has 3 rings (SSSR count). The van der Waals surface area contributed by atoms with Gasteiger partial charge in [-0.15, -0.1) is 0 Å². The Labute approximate surface area is 111 Å². The van der Waals surface area contributed by atoms with Gasteiger partial charge in [-0.05, 0) is 24.2 Å².